The number of hydrogen-bond acceptors (Lipinski definition) is 5. The molecule has 0 spiro atoms. The van der Waals surface area contributed by atoms with Crippen molar-refractivity contribution in [3.63, 3.8) is 0 Å². The van der Waals surface area contributed by atoms with Crippen LogP contribution in [0.25, 0.3) is 0 Å². The van der Waals surface area contributed by atoms with Crippen molar-refractivity contribution in [1.29, 1.82) is 0 Å². The third-order valence-electron chi connectivity index (χ3n) is 3.24. The van der Waals surface area contributed by atoms with E-state index in [0.29, 0.717) is 10.9 Å². The molecule has 2 aromatic carbocycles. The predicted molar refractivity (Wildman–Crippen MR) is 97.0 cm³/mol. The lowest BCUT2D eigenvalue weighted by molar-refractivity contribution is 0.414. The summed E-state index contributed by atoms with van der Waals surface area (Å²) in [4.78, 5) is 0. The summed E-state index contributed by atoms with van der Waals surface area (Å²) in [5.74, 6) is 1.49. The molecule has 0 saturated carbocycles. The van der Waals surface area contributed by atoms with Crippen LogP contribution in [0.4, 0.5) is 0 Å². The topological polar surface area (TPSA) is 52.3 Å². The number of nitrogens with zero attached hydrogens (tertiary/aromatic N) is 4. The Balaban J connectivity index is 1.71. The highest BCUT2D eigenvalue weighted by atomic mass is 35.5. The summed E-state index contributed by atoms with van der Waals surface area (Å²) in [5, 5.41) is 13.9. The van der Waals surface area contributed by atoms with E-state index in [0.717, 1.165) is 21.9 Å². The molecule has 0 fully saturated rings. The Bertz CT molecular complexity index is 850. The second kappa shape index (κ2) is 7.99. The molecule has 3 rings (SSSR count). The van der Waals surface area contributed by atoms with E-state index in [4.69, 9.17) is 16.3 Å². The molecule has 5 nitrogen and oxygen atoms in total. The van der Waals surface area contributed by atoms with Crippen LogP contribution in [0.15, 0.2) is 65.1 Å². The van der Waals surface area contributed by atoms with E-state index in [2.05, 4.69) is 15.3 Å². The van der Waals surface area contributed by atoms with E-state index < -0.39 is 0 Å². The molecule has 0 N–H and O–H groups in total. The third kappa shape index (κ3) is 4.15. The van der Waals surface area contributed by atoms with Crippen molar-refractivity contribution in [3.05, 3.63) is 71.0 Å². The Morgan fingerprint density at radius 3 is 2.96 bits per heavy atom. The van der Waals surface area contributed by atoms with Crippen LogP contribution in [0, 0.1) is 0 Å². The molecule has 0 atom stereocenters. The van der Waals surface area contributed by atoms with Crippen molar-refractivity contribution in [2.24, 2.45) is 5.10 Å². The number of aromatic nitrogens is 3. The Morgan fingerprint density at radius 2 is 2.12 bits per heavy atom. The number of methoxy groups -OCH3 is 1. The first-order valence-electron chi connectivity index (χ1n) is 7.21. The zero-order valence-corrected chi connectivity index (χ0v) is 14.5. The van der Waals surface area contributed by atoms with Gasteiger partial charge in [-0.05, 0) is 29.3 Å². The van der Waals surface area contributed by atoms with Crippen LogP contribution >= 0.6 is 23.4 Å². The summed E-state index contributed by atoms with van der Waals surface area (Å²) in [6, 6.07) is 15.4. The van der Waals surface area contributed by atoms with Gasteiger partial charge in [-0.25, -0.2) is 0 Å². The van der Waals surface area contributed by atoms with E-state index in [-0.39, 0.29) is 0 Å². The monoisotopic (exact) mass is 358 g/mol. The van der Waals surface area contributed by atoms with Gasteiger partial charge < -0.3 is 4.74 Å². The largest absolute Gasteiger partial charge is 0.497 e. The van der Waals surface area contributed by atoms with Gasteiger partial charge in [0.25, 0.3) is 0 Å². The van der Waals surface area contributed by atoms with Crippen molar-refractivity contribution in [1.82, 2.24) is 14.9 Å². The van der Waals surface area contributed by atoms with Crippen LogP contribution in [0.1, 0.15) is 11.1 Å². The molecular weight excluding hydrogens is 344 g/mol. The van der Waals surface area contributed by atoms with E-state index in [9.17, 15) is 0 Å². The van der Waals surface area contributed by atoms with Crippen LogP contribution in [0.3, 0.4) is 0 Å². The molecule has 0 radical (unpaired) electrons. The van der Waals surface area contributed by atoms with Crippen LogP contribution in [-0.4, -0.2) is 28.2 Å². The number of ether oxygens (including phenoxy) is 1. The summed E-state index contributed by atoms with van der Waals surface area (Å²) >= 11 is 7.71. The Kier molecular flexibility index (Phi) is 5.51. The molecule has 0 bridgehead atoms. The molecule has 1 heterocycles. The zero-order chi connectivity index (χ0) is 16.8. The molecule has 0 aliphatic rings. The SMILES string of the molecule is COc1cccc(/C=N/n2cnnc2SCc2ccccc2Cl)c1. The maximum atomic E-state index is 6.18. The van der Waals surface area contributed by atoms with Crippen LogP contribution in [0.2, 0.25) is 5.02 Å². The maximum absolute atomic E-state index is 6.18. The molecule has 0 aliphatic carbocycles. The van der Waals surface area contributed by atoms with Crippen molar-refractivity contribution >= 4 is 29.6 Å². The van der Waals surface area contributed by atoms with Gasteiger partial charge in [0.05, 0.1) is 13.3 Å². The highest BCUT2D eigenvalue weighted by molar-refractivity contribution is 7.98. The van der Waals surface area contributed by atoms with Gasteiger partial charge >= 0.3 is 0 Å². The van der Waals surface area contributed by atoms with Crippen LogP contribution < -0.4 is 4.74 Å². The number of hydrogen-bond donors (Lipinski definition) is 0. The van der Waals surface area contributed by atoms with Crippen molar-refractivity contribution in [2.75, 3.05) is 7.11 Å². The third-order valence-corrected chi connectivity index (χ3v) is 4.59. The molecule has 0 saturated heterocycles. The normalized spacial score (nSPS) is 11.1. The first-order valence-corrected chi connectivity index (χ1v) is 8.57. The van der Waals surface area contributed by atoms with E-state index in [1.54, 1.807) is 24.3 Å². The number of thioether (sulfide) groups is 1. The first kappa shape index (κ1) is 16.5. The van der Waals surface area contributed by atoms with Crippen molar-refractivity contribution in [3.8, 4) is 5.75 Å². The molecule has 0 unspecified atom stereocenters. The summed E-state index contributed by atoms with van der Waals surface area (Å²) in [7, 11) is 1.64. The lowest BCUT2D eigenvalue weighted by Crippen LogP contribution is -1.93. The number of benzene rings is 2. The molecule has 3 aromatic rings. The standard InChI is InChI=1S/C17H15ClN4OS/c1-23-15-7-4-5-13(9-15)10-20-22-12-19-21-17(22)24-11-14-6-2-3-8-16(14)18/h2-10,12H,11H2,1H3/b20-10+. The fraction of sp³-hybridized carbons (Fsp3) is 0.118. The lowest BCUT2D eigenvalue weighted by atomic mass is 10.2. The fourth-order valence-corrected chi connectivity index (χ4v) is 3.15. The van der Waals surface area contributed by atoms with Gasteiger partial charge in [0, 0.05) is 10.8 Å². The molecule has 0 amide bonds. The molecule has 122 valence electrons. The minimum absolute atomic E-state index is 0.701. The summed E-state index contributed by atoms with van der Waals surface area (Å²) < 4.78 is 6.84. The van der Waals surface area contributed by atoms with E-state index >= 15 is 0 Å². The fourth-order valence-electron chi connectivity index (χ4n) is 2.00. The lowest BCUT2D eigenvalue weighted by Gasteiger charge is -2.03. The molecule has 0 aliphatic heterocycles. The highest BCUT2D eigenvalue weighted by Gasteiger charge is 2.06. The maximum Gasteiger partial charge on any atom is 0.212 e. The average Bonchev–Trinajstić information content (AvgIpc) is 3.07. The molecular formula is C17H15ClN4OS. The van der Waals surface area contributed by atoms with Gasteiger partial charge in [0.1, 0.15) is 12.1 Å². The summed E-state index contributed by atoms with van der Waals surface area (Å²) in [5.41, 5.74) is 1.99. The summed E-state index contributed by atoms with van der Waals surface area (Å²) in [6.07, 6.45) is 3.32. The van der Waals surface area contributed by atoms with Gasteiger partial charge in [0.2, 0.25) is 5.16 Å². The number of halogens is 1. The molecule has 1 aromatic heterocycles. The smallest absolute Gasteiger partial charge is 0.212 e. The molecule has 7 heteroatoms. The highest BCUT2D eigenvalue weighted by Crippen LogP contribution is 2.25. The Morgan fingerprint density at radius 1 is 1.25 bits per heavy atom. The van der Waals surface area contributed by atoms with Crippen LogP contribution in [-0.2, 0) is 5.75 Å². The quantitative estimate of drug-likeness (QED) is 0.491. The van der Waals surface area contributed by atoms with Crippen LogP contribution in [0.5, 0.6) is 5.75 Å². The van der Waals surface area contributed by atoms with E-state index in [1.807, 2.05) is 48.5 Å². The Labute approximate surface area is 149 Å². The van der Waals surface area contributed by atoms with Gasteiger partial charge in [-0.1, -0.05) is 53.7 Å². The Hall–Kier alpha value is -2.31. The molecule has 24 heavy (non-hydrogen) atoms. The summed E-state index contributed by atoms with van der Waals surface area (Å²) in [6.45, 7) is 0. The minimum Gasteiger partial charge on any atom is -0.497 e. The number of rotatable bonds is 6. The average molecular weight is 359 g/mol. The second-order valence-corrected chi connectivity index (χ2v) is 6.21. The van der Waals surface area contributed by atoms with Crippen molar-refractivity contribution in [2.45, 2.75) is 10.9 Å². The zero-order valence-electron chi connectivity index (χ0n) is 13.0. The van der Waals surface area contributed by atoms with Gasteiger partial charge in [-0.3, -0.25) is 0 Å². The van der Waals surface area contributed by atoms with E-state index in [1.165, 1.54) is 11.8 Å². The van der Waals surface area contributed by atoms with Gasteiger partial charge in [0.15, 0.2) is 0 Å². The second-order valence-electron chi connectivity index (χ2n) is 4.86. The van der Waals surface area contributed by atoms with Gasteiger partial charge in [-0.2, -0.15) is 9.78 Å². The van der Waals surface area contributed by atoms with Gasteiger partial charge in [-0.15, -0.1) is 10.2 Å². The first-order chi connectivity index (χ1) is 11.8. The minimum atomic E-state index is 0.701. The van der Waals surface area contributed by atoms with Crippen molar-refractivity contribution < 1.29 is 4.74 Å². The predicted octanol–water partition coefficient (Wildman–Crippen LogP) is 4.11.